The van der Waals surface area contributed by atoms with Gasteiger partial charge in [0.15, 0.2) is 0 Å². The van der Waals surface area contributed by atoms with Crippen molar-refractivity contribution in [3.05, 3.63) is 29.8 Å². The molecule has 0 fully saturated rings. The molecule has 0 amide bonds. The fourth-order valence-electron chi connectivity index (χ4n) is 1.50. The Morgan fingerprint density at radius 1 is 1.42 bits per heavy atom. The highest BCUT2D eigenvalue weighted by Crippen LogP contribution is 2.11. The fourth-order valence-corrected chi connectivity index (χ4v) is 2.75. The highest BCUT2D eigenvalue weighted by Gasteiger charge is 2.14. The van der Waals surface area contributed by atoms with Gasteiger partial charge < -0.3 is 10.6 Å². The van der Waals surface area contributed by atoms with Crippen molar-refractivity contribution in [1.29, 1.82) is 0 Å². The lowest BCUT2D eigenvalue weighted by Gasteiger charge is -2.10. The Kier molecular flexibility index (Phi) is 5.86. The maximum absolute atomic E-state index is 12.0. The molecule has 0 aromatic heterocycles. The monoisotopic (exact) mass is 301 g/mol. The van der Waals surface area contributed by atoms with Gasteiger partial charge in [0.1, 0.15) is 4.99 Å². The number of sulfonamides is 1. The number of hydrogen-bond donors (Lipinski definition) is 2. The molecule has 1 rings (SSSR count). The molecule has 3 N–H and O–H groups in total. The average molecular weight is 301 g/mol. The minimum absolute atomic E-state index is 0.183. The van der Waals surface area contributed by atoms with Gasteiger partial charge >= 0.3 is 0 Å². The fraction of sp³-hybridized carbons (Fsp3) is 0.417. The van der Waals surface area contributed by atoms with E-state index in [4.69, 9.17) is 18.0 Å². The van der Waals surface area contributed by atoms with Crippen molar-refractivity contribution >= 4 is 27.2 Å². The zero-order chi connectivity index (χ0) is 14.5. The second-order valence-corrected chi connectivity index (χ2v) is 6.65. The molecule has 0 saturated carbocycles. The quantitative estimate of drug-likeness (QED) is 0.568. The third-order valence-electron chi connectivity index (χ3n) is 2.50. The summed E-state index contributed by atoms with van der Waals surface area (Å²) in [7, 11) is 0.391. The molecule has 0 heterocycles. The summed E-state index contributed by atoms with van der Waals surface area (Å²) in [5.41, 5.74) is 6.04. The molecule has 0 bridgehead atoms. The molecule has 5 nitrogen and oxygen atoms in total. The number of benzene rings is 1. The Morgan fingerprint density at radius 3 is 2.68 bits per heavy atom. The van der Waals surface area contributed by atoms with E-state index >= 15 is 0 Å². The second kappa shape index (κ2) is 6.95. The van der Waals surface area contributed by atoms with Gasteiger partial charge in [0.2, 0.25) is 10.0 Å². The van der Waals surface area contributed by atoms with Crippen molar-refractivity contribution in [3.8, 4) is 0 Å². The van der Waals surface area contributed by atoms with Crippen LogP contribution >= 0.6 is 12.2 Å². The summed E-state index contributed by atoms with van der Waals surface area (Å²) in [5, 5.41) is 0. The van der Waals surface area contributed by atoms with E-state index in [1.54, 1.807) is 12.1 Å². The molecular weight excluding hydrogens is 282 g/mol. The summed E-state index contributed by atoms with van der Waals surface area (Å²) in [5.74, 6) is 0. The van der Waals surface area contributed by atoms with Gasteiger partial charge in [-0.15, -0.1) is 0 Å². The van der Waals surface area contributed by atoms with Crippen LogP contribution in [0, 0.1) is 0 Å². The number of nitrogens with two attached hydrogens (primary N) is 1. The Balaban J connectivity index is 2.72. The molecule has 0 saturated heterocycles. The van der Waals surface area contributed by atoms with Crippen LogP contribution in [0.25, 0.3) is 0 Å². The van der Waals surface area contributed by atoms with Crippen molar-refractivity contribution in [2.24, 2.45) is 5.73 Å². The third kappa shape index (κ3) is 5.23. The summed E-state index contributed by atoms with van der Waals surface area (Å²) >= 11 is 4.84. The molecular formula is C12H19N3O2S2. The second-order valence-electron chi connectivity index (χ2n) is 4.45. The number of nitrogens with zero attached hydrogens (tertiary/aromatic N) is 1. The topological polar surface area (TPSA) is 75.4 Å². The van der Waals surface area contributed by atoms with E-state index in [-0.39, 0.29) is 9.88 Å². The first-order chi connectivity index (χ1) is 8.83. The first kappa shape index (κ1) is 16.0. The van der Waals surface area contributed by atoms with Crippen molar-refractivity contribution in [1.82, 2.24) is 9.62 Å². The molecule has 0 atom stereocenters. The lowest BCUT2D eigenvalue weighted by atomic mass is 10.2. The van der Waals surface area contributed by atoms with Crippen LogP contribution in [0.1, 0.15) is 12.0 Å². The molecule has 1 aromatic rings. The van der Waals surface area contributed by atoms with Crippen molar-refractivity contribution in [2.75, 3.05) is 27.2 Å². The molecule has 0 radical (unpaired) electrons. The average Bonchev–Trinajstić information content (AvgIpc) is 2.34. The summed E-state index contributed by atoms with van der Waals surface area (Å²) in [6.07, 6.45) is 0.751. The number of hydrogen-bond acceptors (Lipinski definition) is 4. The molecule has 19 heavy (non-hydrogen) atoms. The predicted octanol–water partition coefficient (Wildman–Crippen LogP) is 0.551. The molecule has 0 aliphatic carbocycles. The summed E-state index contributed by atoms with van der Waals surface area (Å²) in [6, 6.07) is 6.32. The van der Waals surface area contributed by atoms with Crippen LogP contribution in [0.15, 0.2) is 29.2 Å². The molecule has 0 spiro atoms. The minimum atomic E-state index is -3.50. The van der Waals surface area contributed by atoms with Gasteiger partial charge in [-0.25, -0.2) is 13.1 Å². The molecule has 0 aliphatic heterocycles. The largest absolute Gasteiger partial charge is 0.389 e. The zero-order valence-electron chi connectivity index (χ0n) is 11.1. The van der Waals surface area contributed by atoms with Gasteiger partial charge in [-0.05, 0) is 39.2 Å². The third-order valence-corrected chi connectivity index (χ3v) is 4.20. The smallest absolute Gasteiger partial charge is 0.240 e. The van der Waals surface area contributed by atoms with Crippen molar-refractivity contribution in [3.63, 3.8) is 0 Å². The van der Waals surface area contributed by atoms with Gasteiger partial charge in [0, 0.05) is 12.1 Å². The van der Waals surface area contributed by atoms with Gasteiger partial charge in [0.05, 0.1) is 4.90 Å². The summed E-state index contributed by atoms with van der Waals surface area (Å²) < 4.78 is 26.6. The number of rotatable bonds is 7. The predicted molar refractivity (Wildman–Crippen MR) is 80.7 cm³/mol. The highest BCUT2D eigenvalue weighted by atomic mass is 32.2. The van der Waals surface area contributed by atoms with E-state index in [0.29, 0.717) is 12.1 Å². The van der Waals surface area contributed by atoms with Crippen molar-refractivity contribution in [2.45, 2.75) is 11.3 Å². The molecule has 1 aromatic carbocycles. The number of thiocarbonyl (C=S) groups is 1. The summed E-state index contributed by atoms with van der Waals surface area (Å²) in [4.78, 5) is 2.37. The first-order valence-electron chi connectivity index (χ1n) is 5.87. The van der Waals surface area contributed by atoms with Crippen LogP contribution in [-0.4, -0.2) is 45.5 Å². The van der Waals surface area contributed by atoms with E-state index in [1.807, 2.05) is 19.0 Å². The zero-order valence-corrected chi connectivity index (χ0v) is 12.7. The van der Waals surface area contributed by atoms with E-state index < -0.39 is 10.0 Å². The van der Waals surface area contributed by atoms with Gasteiger partial charge in [-0.1, -0.05) is 24.4 Å². The van der Waals surface area contributed by atoms with Crippen LogP contribution < -0.4 is 10.5 Å². The molecule has 0 aliphatic rings. The van der Waals surface area contributed by atoms with Crippen LogP contribution in [0.5, 0.6) is 0 Å². The van der Waals surface area contributed by atoms with E-state index in [1.165, 1.54) is 12.1 Å². The maximum atomic E-state index is 12.0. The lowest BCUT2D eigenvalue weighted by Crippen LogP contribution is -2.27. The Labute approximate surface area is 119 Å². The lowest BCUT2D eigenvalue weighted by molar-refractivity contribution is 0.400. The van der Waals surface area contributed by atoms with Crippen LogP contribution in [0.3, 0.4) is 0 Å². The Bertz CT molecular complexity index is 542. The van der Waals surface area contributed by atoms with Crippen LogP contribution in [-0.2, 0) is 10.0 Å². The normalized spacial score (nSPS) is 11.7. The molecule has 7 heteroatoms. The van der Waals surface area contributed by atoms with E-state index in [9.17, 15) is 8.42 Å². The Hall–Kier alpha value is -1.02. The van der Waals surface area contributed by atoms with E-state index in [2.05, 4.69) is 4.72 Å². The van der Waals surface area contributed by atoms with Gasteiger partial charge in [-0.2, -0.15) is 0 Å². The molecule has 0 unspecified atom stereocenters. The number of nitrogens with one attached hydrogen (secondary N) is 1. The van der Waals surface area contributed by atoms with E-state index in [0.717, 1.165) is 13.0 Å². The van der Waals surface area contributed by atoms with Gasteiger partial charge in [0.25, 0.3) is 0 Å². The summed E-state index contributed by atoms with van der Waals surface area (Å²) in [6.45, 7) is 1.23. The standard InChI is InChI=1S/C12H19N3O2S2/c1-15(2)8-4-7-14-19(16,17)11-6-3-5-10(9-11)12(13)18/h3,5-6,9,14H,4,7-8H2,1-2H3,(H2,13,18). The Morgan fingerprint density at radius 2 is 2.11 bits per heavy atom. The maximum Gasteiger partial charge on any atom is 0.240 e. The minimum Gasteiger partial charge on any atom is -0.389 e. The first-order valence-corrected chi connectivity index (χ1v) is 7.76. The van der Waals surface area contributed by atoms with Crippen LogP contribution in [0.2, 0.25) is 0 Å². The molecule has 106 valence electrons. The highest BCUT2D eigenvalue weighted by molar-refractivity contribution is 7.89. The van der Waals surface area contributed by atoms with Gasteiger partial charge in [-0.3, -0.25) is 0 Å². The van der Waals surface area contributed by atoms with Crippen LogP contribution in [0.4, 0.5) is 0 Å². The SMILES string of the molecule is CN(C)CCCNS(=O)(=O)c1cccc(C(N)=S)c1. The van der Waals surface area contributed by atoms with Crippen molar-refractivity contribution < 1.29 is 8.42 Å².